The van der Waals surface area contributed by atoms with Crippen LogP contribution in [-0.2, 0) is 11.3 Å². The molecule has 5 heteroatoms. The lowest BCUT2D eigenvalue weighted by molar-refractivity contribution is -0.128. The number of hydrogen-bond acceptors (Lipinski definition) is 4. The Balaban J connectivity index is 1.47. The van der Waals surface area contributed by atoms with Crippen LogP contribution < -0.4 is 5.32 Å². The van der Waals surface area contributed by atoms with Crippen LogP contribution in [0.2, 0.25) is 0 Å². The van der Waals surface area contributed by atoms with Crippen molar-refractivity contribution in [3.8, 4) is 0 Å². The average molecular weight is 373 g/mol. The van der Waals surface area contributed by atoms with Gasteiger partial charge in [0.1, 0.15) is 0 Å². The van der Waals surface area contributed by atoms with Crippen molar-refractivity contribution < 1.29 is 4.79 Å². The highest BCUT2D eigenvalue weighted by Crippen LogP contribution is 2.25. The van der Waals surface area contributed by atoms with Gasteiger partial charge in [-0.3, -0.25) is 19.6 Å². The molecule has 0 spiro atoms. The van der Waals surface area contributed by atoms with E-state index in [-0.39, 0.29) is 17.4 Å². The summed E-state index contributed by atoms with van der Waals surface area (Å²) in [6.45, 7) is 11.7. The first-order valence-electron chi connectivity index (χ1n) is 10.6. The number of carbonyl (C=O) groups is 1. The Hall–Kier alpha value is -1.46. The molecule has 2 saturated heterocycles. The second kappa shape index (κ2) is 9.16. The third kappa shape index (κ3) is 5.76. The summed E-state index contributed by atoms with van der Waals surface area (Å²) >= 11 is 0. The normalized spacial score (nSPS) is 23.3. The second-order valence-corrected chi connectivity index (χ2v) is 8.92. The molecule has 2 fully saturated rings. The van der Waals surface area contributed by atoms with Gasteiger partial charge in [-0.2, -0.15) is 0 Å². The van der Waals surface area contributed by atoms with Crippen LogP contribution in [0.5, 0.6) is 0 Å². The Morgan fingerprint density at radius 1 is 1.19 bits per heavy atom. The van der Waals surface area contributed by atoms with E-state index < -0.39 is 0 Å². The fourth-order valence-electron chi connectivity index (χ4n) is 4.27. The highest BCUT2D eigenvalue weighted by Gasteiger charge is 2.33. The third-order valence-electron chi connectivity index (χ3n) is 6.40. The van der Waals surface area contributed by atoms with Gasteiger partial charge in [-0.1, -0.05) is 6.92 Å². The smallest absolute Gasteiger partial charge is 0.224 e. The molecule has 5 nitrogen and oxygen atoms in total. The molecule has 3 rings (SSSR count). The number of nitrogens with zero attached hydrogens (tertiary/aromatic N) is 3. The van der Waals surface area contributed by atoms with Gasteiger partial charge in [0.05, 0.1) is 5.92 Å². The number of aromatic nitrogens is 1. The minimum atomic E-state index is -0.0995. The first kappa shape index (κ1) is 20.3. The van der Waals surface area contributed by atoms with Crippen molar-refractivity contribution in [2.75, 3.05) is 26.2 Å². The van der Waals surface area contributed by atoms with E-state index in [1.165, 1.54) is 18.4 Å². The summed E-state index contributed by atoms with van der Waals surface area (Å²) < 4.78 is 0. The zero-order valence-corrected chi connectivity index (χ0v) is 17.3. The first-order chi connectivity index (χ1) is 13.0. The fourth-order valence-corrected chi connectivity index (χ4v) is 4.27. The molecule has 1 N–H and O–H groups in total. The van der Waals surface area contributed by atoms with E-state index in [0.29, 0.717) is 6.04 Å². The quantitative estimate of drug-likeness (QED) is 0.834. The first-order valence-corrected chi connectivity index (χ1v) is 10.6. The average Bonchev–Trinajstić information content (AvgIpc) is 2.69. The fraction of sp³-hybridized carbons (Fsp3) is 0.727. The lowest BCUT2D eigenvalue weighted by Gasteiger charge is -2.42. The van der Waals surface area contributed by atoms with Gasteiger partial charge < -0.3 is 5.32 Å². The monoisotopic (exact) mass is 372 g/mol. The van der Waals surface area contributed by atoms with Crippen LogP contribution in [0.4, 0.5) is 0 Å². The minimum Gasteiger partial charge on any atom is -0.351 e. The van der Waals surface area contributed by atoms with E-state index in [4.69, 9.17) is 0 Å². The van der Waals surface area contributed by atoms with Gasteiger partial charge in [0.25, 0.3) is 0 Å². The zero-order valence-electron chi connectivity index (χ0n) is 17.3. The topological polar surface area (TPSA) is 48.5 Å². The molecule has 0 aliphatic carbocycles. The molecule has 3 heterocycles. The Bertz CT molecular complexity index is 596. The molecule has 2 aliphatic rings. The van der Waals surface area contributed by atoms with E-state index in [9.17, 15) is 4.79 Å². The predicted octanol–water partition coefficient (Wildman–Crippen LogP) is 3.06. The van der Waals surface area contributed by atoms with Crippen LogP contribution in [0.1, 0.15) is 58.4 Å². The highest BCUT2D eigenvalue weighted by molar-refractivity contribution is 5.79. The molecular weight excluding hydrogens is 336 g/mol. The van der Waals surface area contributed by atoms with Crippen molar-refractivity contribution in [3.63, 3.8) is 0 Å². The summed E-state index contributed by atoms with van der Waals surface area (Å²) in [5, 5.41) is 3.25. The molecule has 1 atom stereocenters. The standard InChI is InChI=1S/C22H36N4O/c1-4-22(2,3)24-21(27)19-6-5-13-26(17-19)20-9-14-25(15-10-20)16-18-7-11-23-12-8-18/h7-8,11-12,19-20H,4-6,9-10,13-17H2,1-3H3,(H,24,27)/t19-/m1/s1. The van der Waals surface area contributed by atoms with Gasteiger partial charge in [0.2, 0.25) is 5.91 Å². The molecule has 1 aromatic heterocycles. The Labute approximate surface area is 164 Å². The molecule has 1 amide bonds. The summed E-state index contributed by atoms with van der Waals surface area (Å²) in [4.78, 5) is 21.9. The molecular formula is C22H36N4O. The molecule has 1 aromatic rings. The van der Waals surface area contributed by atoms with Crippen LogP contribution in [0.3, 0.4) is 0 Å². The minimum absolute atomic E-state index is 0.0995. The Morgan fingerprint density at radius 2 is 1.89 bits per heavy atom. The number of pyridine rings is 1. The number of carbonyl (C=O) groups excluding carboxylic acids is 1. The van der Waals surface area contributed by atoms with Crippen LogP contribution in [-0.4, -0.2) is 58.5 Å². The summed E-state index contributed by atoms with van der Waals surface area (Å²) in [5.74, 6) is 0.404. The summed E-state index contributed by atoms with van der Waals surface area (Å²) in [6, 6.07) is 4.85. The molecule has 0 aromatic carbocycles. The largest absolute Gasteiger partial charge is 0.351 e. The second-order valence-electron chi connectivity index (χ2n) is 8.92. The number of piperidine rings is 2. The molecule has 0 unspecified atom stereocenters. The highest BCUT2D eigenvalue weighted by atomic mass is 16.2. The summed E-state index contributed by atoms with van der Waals surface area (Å²) in [5.41, 5.74) is 1.24. The Kier molecular flexibility index (Phi) is 6.88. The van der Waals surface area contributed by atoms with Gasteiger partial charge in [0.15, 0.2) is 0 Å². The maximum atomic E-state index is 12.7. The molecule has 2 aliphatic heterocycles. The maximum absolute atomic E-state index is 12.7. The van der Waals surface area contributed by atoms with E-state index in [1.807, 2.05) is 12.4 Å². The van der Waals surface area contributed by atoms with E-state index in [0.717, 1.165) is 52.0 Å². The Morgan fingerprint density at radius 3 is 2.56 bits per heavy atom. The van der Waals surface area contributed by atoms with Crippen molar-refractivity contribution in [1.29, 1.82) is 0 Å². The third-order valence-corrected chi connectivity index (χ3v) is 6.40. The molecule has 0 saturated carbocycles. The zero-order chi connectivity index (χ0) is 19.3. The number of hydrogen-bond donors (Lipinski definition) is 1. The van der Waals surface area contributed by atoms with Gasteiger partial charge in [-0.15, -0.1) is 0 Å². The lowest BCUT2D eigenvalue weighted by Crippen LogP contribution is -2.53. The van der Waals surface area contributed by atoms with Crippen molar-refractivity contribution >= 4 is 5.91 Å². The van der Waals surface area contributed by atoms with Crippen molar-refractivity contribution in [2.24, 2.45) is 5.92 Å². The number of rotatable bonds is 6. The van der Waals surface area contributed by atoms with Gasteiger partial charge in [-0.25, -0.2) is 0 Å². The lowest BCUT2D eigenvalue weighted by atomic mass is 9.92. The summed E-state index contributed by atoms with van der Waals surface area (Å²) in [6.07, 6.45) is 9.30. The van der Waals surface area contributed by atoms with E-state index in [1.54, 1.807) is 0 Å². The number of amides is 1. The van der Waals surface area contributed by atoms with E-state index in [2.05, 4.69) is 53.0 Å². The van der Waals surface area contributed by atoms with Crippen molar-refractivity contribution in [2.45, 2.75) is 71.0 Å². The molecule has 27 heavy (non-hydrogen) atoms. The molecule has 150 valence electrons. The summed E-state index contributed by atoms with van der Waals surface area (Å²) in [7, 11) is 0. The van der Waals surface area contributed by atoms with Gasteiger partial charge in [0, 0.05) is 37.1 Å². The van der Waals surface area contributed by atoms with Crippen LogP contribution >= 0.6 is 0 Å². The number of likely N-dealkylation sites (tertiary alicyclic amines) is 2. The predicted molar refractivity (Wildman–Crippen MR) is 109 cm³/mol. The maximum Gasteiger partial charge on any atom is 0.224 e. The van der Waals surface area contributed by atoms with Crippen molar-refractivity contribution in [1.82, 2.24) is 20.1 Å². The number of nitrogens with one attached hydrogen (secondary N) is 1. The van der Waals surface area contributed by atoms with Crippen LogP contribution in [0.15, 0.2) is 24.5 Å². The molecule has 0 bridgehead atoms. The van der Waals surface area contributed by atoms with Gasteiger partial charge >= 0.3 is 0 Å². The molecule has 0 radical (unpaired) electrons. The van der Waals surface area contributed by atoms with E-state index >= 15 is 0 Å². The van der Waals surface area contributed by atoms with Crippen LogP contribution in [0.25, 0.3) is 0 Å². The SMILES string of the molecule is CCC(C)(C)NC(=O)[C@@H]1CCCN(C2CCN(Cc3ccncc3)CC2)C1. The van der Waals surface area contributed by atoms with Crippen molar-refractivity contribution in [3.05, 3.63) is 30.1 Å². The van der Waals surface area contributed by atoms with Crippen LogP contribution in [0, 0.1) is 5.92 Å². The van der Waals surface area contributed by atoms with Gasteiger partial charge in [-0.05, 0) is 83.3 Å².